The van der Waals surface area contributed by atoms with E-state index in [1.807, 2.05) is 0 Å². The lowest BCUT2D eigenvalue weighted by molar-refractivity contribution is -0.929. The molecule has 0 amide bonds. The van der Waals surface area contributed by atoms with E-state index in [4.69, 9.17) is 0 Å². The molecule has 0 aliphatic rings. The van der Waals surface area contributed by atoms with Crippen molar-refractivity contribution >= 4 is 0 Å². The summed E-state index contributed by atoms with van der Waals surface area (Å²) in [4.78, 5) is 0. The van der Waals surface area contributed by atoms with Gasteiger partial charge in [0, 0.05) is 0 Å². The molecule has 0 rings (SSSR count). The van der Waals surface area contributed by atoms with Crippen LogP contribution >= 0.6 is 0 Å². The van der Waals surface area contributed by atoms with Crippen LogP contribution in [0, 0.1) is 0 Å². The molecule has 0 aliphatic carbocycles. The second kappa shape index (κ2) is 31.7. The average molecular weight is 575 g/mol. The van der Waals surface area contributed by atoms with Gasteiger partial charge in [-0.2, -0.15) is 0 Å². The van der Waals surface area contributed by atoms with Gasteiger partial charge in [-0.3, -0.25) is 0 Å². The highest BCUT2D eigenvalue weighted by molar-refractivity contribution is 4.54. The van der Waals surface area contributed by atoms with Gasteiger partial charge in [-0.25, -0.2) is 0 Å². The van der Waals surface area contributed by atoms with Gasteiger partial charge in [-0.15, -0.1) is 0 Å². The molecule has 0 aliphatic heterocycles. The Kier molecular flexibility index (Phi) is 33.9. The minimum atomic E-state index is 0. The van der Waals surface area contributed by atoms with Crippen LogP contribution in [-0.2, 0) is 0 Å². The fourth-order valence-electron chi connectivity index (χ4n) is 5.93. The van der Waals surface area contributed by atoms with Gasteiger partial charge in [0.25, 0.3) is 0 Å². The molecule has 36 heavy (non-hydrogen) atoms. The second-order valence-corrected chi connectivity index (χ2v) is 12.0. The molecule has 0 aromatic heterocycles. The molecule has 220 valence electrons. The van der Waals surface area contributed by atoms with Crippen molar-refractivity contribution in [2.75, 3.05) is 26.2 Å². The van der Waals surface area contributed by atoms with E-state index in [1.165, 1.54) is 198 Å². The predicted octanol–water partition coefficient (Wildman–Crippen LogP) is 9.03. The molecule has 0 aromatic rings. The van der Waals surface area contributed by atoms with Gasteiger partial charge < -0.3 is 21.5 Å². The first-order valence-electron chi connectivity index (χ1n) is 17.1. The largest absolute Gasteiger partial charge is 1.00 e. The highest BCUT2D eigenvalue weighted by Gasteiger charge is 2.25. The molecule has 0 fully saturated rings. The van der Waals surface area contributed by atoms with Gasteiger partial charge in [0.05, 0.1) is 26.2 Å². The SMILES string of the molecule is CCCCCCCCCCCC[N+](CCCCC)(CCCCC)CCCCCCCCCCCC.[Br-]. The van der Waals surface area contributed by atoms with E-state index in [2.05, 4.69) is 27.7 Å². The van der Waals surface area contributed by atoms with E-state index in [0.29, 0.717) is 0 Å². The Bertz CT molecular complexity index is 347. The lowest BCUT2D eigenvalue weighted by atomic mass is 10.0. The molecule has 0 unspecified atom stereocenters. The van der Waals surface area contributed by atoms with Crippen LogP contribution in [0.2, 0.25) is 0 Å². The van der Waals surface area contributed by atoms with Crippen molar-refractivity contribution in [3.8, 4) is 0 Å². The van der Waals surface area contributed by atoms with Crippen molar-refractivity contribution < 1.29 is 21.5 Å². The minimum absolute atomic E-state index is 0. The number of unbranched alkanes of at least 4 members (excludes halogenated alkanes) is 22. The lowest BCUT2D eigenvalue weighted by Crippen LogP contribution is -3.00. The minimum Gasteiger partial charge on any atom is -1.00 e. The number of hydrogen-bond acceptors (Lipinski definition) is 0. The predicted molar refractivity (Wildman–Crippen MR) is 162 cm³/mol. The normalized spacial score (nSPS) is 11.7. The molecule has 0 atom stereocenters. The van der Waals surface area contributed by atoms with Crippen molar-refractivity contribution in [2.24, 2.45) is 0 Å². The van der Waals surface area contributed by atoms with E-state index in [1.54, 1.807) is 0 Å². The highest BCUT2D eigenvalue weighted by Crippen LogP contribution is 2.20. The summed E-state index contributed by atoms with van der Waals surface area (Å²) in [5.41, 5.74) is 0. The molecule has 0 heterocycles. The van der Waals surface area contributed by atoms with Crippen LogP contribution in [0.15, 0.2) is 0 Å². The van der Waals surface area contributed by atoms with Crippen LogP contribution in [0.5, 0.6) is 0 Å². The molecule has 0 radical (unpaired) electrons. The molecule has 0 saturated carbocycles. The Hall–Kier alpha value is 0.440. The van der Waals surface area contributed by atoms with Crippen LogP contribution in [0.3, 0.4) is 0 Å². The van der Waals surface area contributed by atoms with Gasteiger partial charge in [0.15, 0.2) is 0 Å². The zero-order chi connectivity index (χ0) is 25.7. The summed E-state index contributed by atoms with van der Waals surface area (Å²) in [7, 11) is 0. The first kappa shape index (κ1) is 38.6. The Morgan fingerprint density at radius 2 is 0.417 bits per heavy atom. The average Bonchev–Trinajstić information content (AvgIpc) is 2.86. The Balaban J connectivity index is 0. The monoisotopic (exact) mass is 573 g/mol. The van der Waals surface area contributed by atoms with Crippen molar-refractivity contribution in [3.05, 3.63) is 0 Å². The number of nitrogens with zero attached hydrogens (tertiary/aromatic N) is 1. The van der Waals surface area contributed by atoms with Crippen LogP contribution in [0.4, 0.5) is 0 Å². The standard InChI is InChI=1S/C34H72N.BrH/c1-5-9-13-15-17-19-21-23-25-29-33-35(31-27-11-7-3,32-28-12-8-4)34-30-26-24-22-20-18-16-14-10-6-2;/h5-34H2,1-4H3;1H/q+1;/p-1. The fraction of sp³-hybridized carbons (Fsp3) is 1.00. The topological polar surface area (TPSA) is 0 Å². The van der Waals surface area contributed by atoms with Gasteiger partial charge in [0.2, 0.25) is 0 Å². The quantitative estimate of drug-likeness (QED) is 0.0593. The van der Waals surface area contributed by atoms with E-state index >= 15 is 0 Å². The van der Waals surface area contributed by atoms with Gasteiger partial charge in [0.1, 0.15) is 0 Å². The van der Waals surface area contributed by atoms with Crippen LogP contribution < -0.4 is 17.0 Å². The zero-order valence-electron chi connectivity index (χ0n) is 26.0. The molecule has 2 heteroatoms. The molecular formula is C34H72BrN. The Morgan fingerprint density at radius 1 is 0.250 bits per heavy atom. The molecule has 0 bridgehead atoms. The number of quaternary nitrogens is 1. The number of rotatable bonds is 30. The summed E-state index contributed by atoms with van der Waals surface area (Å²) in [6.45, 7) is 15.3. The molecule has 0 N–H and O–H groups in total. The van der Waals surface area contributed by atoms with Crippen molar-refractivity contribution in [3.63, 3.8) is 0 Å². The lowest BCUT2D eigenvalue weighted by Gasteiger charge is -2.39. The van der Waals surface area contributed by atoms with Gasteiger partial charge >= 0.3 is 0 Å². The highest BCUT2D eigenvalue weighted by atomic mass is 79.9. The van der Waals surface area contributed by atoms with E-state index in [-0.39, 0.29) is 17.0 Å². The molecule has 0 aromatic carbocycles. The van der Waals surface area contributed by atoms with Crippen LogP contribution in [0.25, 0.3) is 0 Å². The van der Waals surface area contributed by atoms with Gasteiger partial charge in [-0.05, 0) is 51.4 Å². The number of halogens is 1. The maximum atomic E-state index is 2.37. The Morgan fingerprint density at radius 3 is 0.667 bits per heavy atom. The summed E-state index contributed by atoms with van der Waals surface area (Å²) in [5, 5.41) is 0. The van der Waals surface area contributed by atoms with Crippen LogP contribution in [-0.4, -0.2) is 30.7 Å². The van der Waals surface area contributed by atoms with E-state index in [0.717, 1.165) is 0 Å². The molecular weight excluding hydrogens is 502 g/mol. The summed E-state index contributed by atoms with van der Waals surface area (Å²) in [5.74, 6) is 0. The molecule has 0 saturated heterocycles. The summed E-state index contributed by atoms with van der Waals surface area (Å²) in [6, 6.07) is 0. The van der Waals surface area contributed by atoms with Gasteiger partial charge in [-0.1, -0.05) is 143 Å². The Labute approximate surface area is 241 Å². The van der Waals surface area contributed by atoms with E-state index < -0.39 is 0 Å². The maximum absolute atomic E-state index is 2.37. The third-order valence-electron chi connectivity index (χ3n) is 8.44. The smallest absolute Gasteiger partial charge is 0.0786 e. The summed E-state index contributed by atoms with van der Waals surface area (Å²) >= 11 is 0. The second-order valence-electron chi connectivity index (χ2n) is 12.0. The van der Waals surface area contributed by atoms with E-state index in [9.17, 15) is 0 Å². The number of hydrogen-bond donors (Lipinski definition) is 0. The third kappa shape index (κ3) is 26.1. The first-order valence-corrected chi connectivity index (χ1v) is 17.1. The van der Waals surface area contributed by atoms with Crippen molar-refractivity contribution in [2.45, 2.75) is 195 Å². The summed E-state index contributed by atoms with van der Waals surface area (Å²) in [6.07, 6.45) is 37.8. The zero-order valence-corrected chi connectivity index (χ0v) is 27.6. The molecule has 0 spiro atoms. The van der Waals surface area contributed by atoms with Crippen molar-refractivity contribution in [1.29, 1.82) is 0 Å². The first-order chi connectivity index (χ1) is 17.2. The van der Waals surface area contributed by atoms with Crippen molar-refractivity contribution in [1.82, 2.24) is 0 Å². The third-order valence-corrected chi connectivity index (χ3v) is 8.44. The van der Waals surface area contributed by atoms with Crippen LogP contribution in [0.1, 0.15) is 195 Å². The maximum Gasteiger partial charge on any atom is 0.0786 e. The summed E-state index contributed by atoms with van der Waals surface area (Å²) < 4.78 is 1.47. The fourth-order valence-corrected chi connectivity index (χ4v) is 5.93. The molecule has 1 nitrogen and oxygen atoms in total.